The maximum absolute atomic E-state index is 9.72. The van der Waals surface area contributed by atoms with Crippen molar-refractivity contribution >= 4 is 5.94 Å². The zero-order valence-corrected chi connectivity index (χ0v) is 5.80. The molecule has 1 aliphatic heterocycles. The fourth-order valence-electron chi connectivity index (χ4n) is 1.06. The van der Waals surface area contributed by atoms with E-state index in [9.17, 15) is 4.79 Å². The van der Waals surface area contributed by atoms with Gasteiger partial charge in [0.1, 0.15) is 6.10 Å². The van der Waals surface area contributed by atoms with Gasteiger partial charge in [-0.05, 0) is 19.4 Å². The summed E-state index contributed by atoms with van der Waals surface area (Å²) in [6.45, 7) is 1.91. The number of hydrogen-bond acceptors (Lipinski definition) is 3. The minimum Gasteiger partial charge on any atom is -0.485 e. The van der Waals surface area contributed by atoms with Gasteiger partial charge in [0.05, 0.1) is 0 Å². The first-order chi connectivity index (χ1) is 4.93. The molecule has 0 aromatic rings. The first kappa shape index (κ1) is 7.32. The Morgan fingerprint density at radius 1 is 1.70 bits per heavy atom. The van der Waals surface area contributed by atoms with E-state index >= 15 is 0 Å². The number of piperidine rings is 1. The van der Waals surface area contributed by atoms with Crippen molar-refractivity contribution in [3.8, 4) is 0 Å². The molecule has 3 heteroatoms. The van der Waals surface area contributed by atoms with Gasteiger partial charge in [-0.1, -0.05) is 0 Å². The number of hydrogen-bond donors (Lipinski definition) is 1. The Bertz CT molecular complexity index is 135. The van der Waals surface area contributed by atoms with Gasteiger partial charge in [-0.25, -0.2) is 4.79 Å². The van der Waals surface area contributed by atoms with Crippen LogP contribution < -0.4 is 5.32 Å². The molecule has 0 bridgehead atoms. The van der Waals surface area contributed by atoms with Gasteiger partial charge in [0, 0.05) is 6.54 Å². The van der Waals surface area contributed by atoms with Crippen molar-refractivity contribution in [3.05, 3.63) is 6.26 Å². The Kier molecular flexibility index (Phi) is 3.00. The highest BCUT2D eigenvalue weighted by Crippen LogP contribution is 2.04. The summed E-state index contributed by atoms with van der Waals surface area (Å²) in [5.41, 5.74) is 0. The highest BCUT2D eigenvalue weighted by molar-refractivity contribution is 5.42. The second kappa shape index (κ2) is 4.09. The summed E-state index contributed by atoms with van der Waals surface area (Å²) in [5, 5.41) is 3.17. The zero-order valence-electron chi connectivity index (χ0n) is 5.80. The summed E-state index contributed by atoms with van der Waals surface area (Å²) in [6, 6.07) is 0. The Morgan fingerprint density at radius 2 is 2.60 bits per heavy atom. The molecule has 0 spiro atoms. The Labute approximate surface area is 60.1 Å². The third-order valence-electron chi connectivity index (χ3n) is 1.56. The standard InChI is InChI=1S/C7H11NO2/c9-4-5-10-7-2-1-3-8-6-7/h5,7-8H,1-3,6H2. The van der Waals surface area contributed by atoms with E-state index in [1.54, 1.807) is 5.94 Å². The van der Waals surface area contributed by atoms with Gasteiger partial charge >= 0.3 is 0 Å². The topological polar surface area (TPSA) is 38.3 Å². The molecule has 1 saturated heterocycles. The van der Waals surface area contributed by atoms with Gasteiger partial charge in [-0.15, -0.1) is 0 Å². The highest BCUT2D eigenvalue weighted by Gasteiger charge is 2.11. The van der Waals surface area contributed by atoms with E-state index in [0.717, 1.165) is 32.2 Å². The summed E-state index contributed by atoms with van der Waals surface area (Å²) >= 11 is 0. The Morgan fingerprint density at radius 3 is 3.20 bits per heavy atom. The molecule has 1 fully saturated rings. The van der Waals surface area contributed by atoms with Crippen molar-refractivity contribution < 1.29 is 9.53 Å². The molecule has 0 amide bonds. The minimum atomic E-state index is 0.176. The van der Waals surface area contributed by atoms with Crippen LogP contribution in [0.3, 0.4) is 0 Å². The second-order valence-electron chi connectivity index (χ2n) is 2.34. The molecule has 1 heterocycles. The van der Waals surface area contributed by atoms with Gasteiger partial charge in [0.25, 0.3) is 0 Å². The zero-order chi connectivity index (χ0) is 7.23. The van der Waals surface area contributed by atoms with Crippen LogP contribution in [0.2, 0.25) is 0 Å². The van der Waals surface area contributed by atoms with E-state index in [4.69, 9.17) is 4.74 Å². The van der Waals surface area contributed by atoms with Crippen LogP contribution >= 0.6 is 0 Å². The predicted octanol–water partition coefficient (Wildman–Crippen LogP) is 0.100. The van der Waals surface area contributed by atoms with Crippen molar-refractivity contribution in [2.24, 2.45) is 0 Å². The number of ether oxygens (including phenoxy) is 1. The minimum absolute atomic E-state index is 0.176. The highest BCUT2D eigenvalue weighted by atomic mass is 16.5. The lowest BCUT2D eigenvalue weighted by atomic mass is 10.1. The van der Waals surface area contributed by atoms with Crippen molar-refractivity contribution in [3.63, 3.8) is 0 Å². The van der Waals surface area contributed by atoms with Crippen molar-refractivity contribution in [1.82, 2.24) is 5.32 Å². The van der Waals surface area contributed by atoms with Crippen LogP contribution in [-0.2, 0) is 9.53 Å². The average Bonchev–Trinajstić information content (AvgIpc) is 2.03. The molecule has 1 aliphatic rings. The molecule has 0 radical (unpaired) electrons. The molecule has 0 aromatic carbocycles. The summed E-state index contributed by atoms with van der Waals surface area (Å²) in [5.74, 6) is 1.59. The summed E-state index contributed by atoms with van der Waals surface area (Å²) < 4.78 is 5.02. The van der Waals surface area contributed by atoms with Gasteiger partial charge in [-0.2, -0.15) is 0 Å². The van der Waals surface area contributed by atoms with Gasteiger partial charge in [0.15, 0.2) is 12.2 Å². The summed E-state index contributed by atoms with van der Waals surface area (Å²) in [7, 11) is 0. The second-order valence-corrected chi connectivity index (χ2v) is 2.34. The molecule has 56 valence electrons. The van der Waals surface area contributed by atoms with Crippen LogP contribution in [-0.4, -0.2) is 25.1 Å². The first-order valence-corrected chi connectivity index (χ1v) is 3.49. The average molecular weight is 141 g/mol. The van der Waals surface area contributed by atoms with Crippen LogP contribution in [0, 0.1) is 0 Å². The van der Waals surface area contributed by atoms with Crippen LogP contribution in [0.4, 0.5) is 0 Å². The fraction of sp³-hybridized carbons (Fsp3) is 0.714. The lowest BCUT2D eigenvalue weighted by Crippen LogP contribution is -2.34. The smallest absolute Gasteiger partial charge is 0.167 e. The first-order valence-electron chi connectivity index (χ1n) is 3.49. The number of carbonyl (C=O) groups excluding carboxylic acids is 1. The van der Waals surface area contributed by atoms with E-state index in [1.165, 1.54) is 0 Å². The lowest BCUT2D eigenvalue weighted by molar-refractivity contribution is 0.119. The third-order valence-corrected chi connectivity index (χ3v) is 1.56. The molecule has 1 N–H and O–H groups in total. The van der Waals surface area contributed by atoms with Crippen LogP contribution in [0.25, 0.3) is 0 Å². The third kappa shape index (κ3) is 2.21. The van der Waals surface area contributed by atoms with Gasteiger partial charge in [-0.3, -0.25) is 0 Å². The predicted molar refractivity (Wildman–Crippen MR) is 37.2 cm³/mol. The van der Waals surface area contributed by atoms with Gasteiger partial charge < -0.3 is 10.1 Å². The Hall–Kier alpha value is -0.790. The maximum atomic E-state index is 9.72. The molecule has 0 aromatic heterocycles. The maximum Gasteiger partial charge on any atom is 0.167 e. The normalized spacial score (nSPS) is 25.0. The molecular formula is C7H11NO2. The molecule has 1 unspecified atom stereocenters. The molecule has 3 nitrogen and oxygen atoms in total. The largest absolute Gasteiger partial charge is 0.485 e. The molecule has 1 atom stereocenters. The summed E-state index contributed by atoms with van der Waals surface area (Å²) in [6.07, 6.45) is 3.43. The number of nitrogens with one attached hydrogen (secondary N) is 1. The number of rotatable bonds is 2. The van der Waals surface area contributed by atoms with E-state index in [-0.39, 0.29) is 6.10 Å². The van der Waals surface area contributed by atoms with Crippen molar-refractivity contribution in [2.75, 3.05) is 13.1 Å². The van der Waals surface area contributed by atoms with E-state index in [0.29, 0.717) is 0 Å². The fourth-order valence-corrected chi connectivity index (χ4v) is 1.06. The molecular weight excluding hydrogens is 130 g/mol. The van der Waals surface area contributed by atoms with Crippen molar-refractivity contribution in [1.29, 1.82) is 0 Å². The monoisotopic (exact) mass is 141 g/mol. The van der Waals surface area contributed by atoms with Crippen molar-refractivity contribution in [2.45, 2.75) is 18.9 Å². The van der Waals surface area contributed by atoms with E-state index < -0.39 is 0 Å². The van der Waals surface area contributed by atoms with Crippen LogP contribution in [0.5, 0.6) is 0 Å². The molecule has 10 heavy (non-hydrogen) atoms. The van der Waals surface area contributed by atoms with Crippen LogP contribution in [0.15, 0.2) is 6.26 Å². The quantitative estimate of drug-likeness (QED) is 0.438. The van der Waals surface area contributed by atoms with Crippen LogP contribution in [0.1, 0.15) is 12.8 Å². The van der Waals surface area contributed by atoms with Gasteiger partial charge in [0.2, 0.25) is 0 Å². The van der Waals surface area contributed by atoms with E-state index in [2.05, 4.69) is 5.32 Å². The molecule has 0 aliphatic carbocycles. The molecule has 1 rings (SSSR count). The van der Waals surface area contributed by atoms with E-state index in [1.807, 2.05) is 0 Å². The summed E-state index contributed by atoms with van der Waals surface area (Å²) in [4.78, 5) is 9.72. The SMILES string of the molecule is O=C=COC1CCCNC1. The molecule has 0 saturated carbocycles. The lowest BCUT2D eigenvalue weighted by Gasteiger charge is -2.20. The Balaban J connectivity index is 2.19.